The number of cyclic esters (lactones) is 4. The first-order valence-corrected chi connectivity index (χ1v) is 13.8. The fourth-order valence-electron chi connectivity index (χ4n) is 6.60. The van der Waals surface area contributed by atoms with Gasteiger partial charge in [-0.1, -0.05) is 0 Å². The van der Waals surface area contributed by atoms with Gasteiger partial charge >= 0.3 is 23.9 Å². The molecule has 208 valence electrons. The Bertz CT molecular complexity index is 916. The number of esters is 4. The highest BCUT2D eigenvalue weighted by Crippen LogP contribution is 2.40. The van der Waals surface area contributed by atoms with Gasteiger partial charge in [0, 0.05) is 64.2 Å². The number of nitrogens with zero attached hydrogens (tertiary/aromatic N) is 2. The molecule has 0 aromatic rings. The van der Waals surface area contributed by atoms with Crippen molar-refractivity contribution in [3.63, 3.8) is 0 Å². The maximum atomic E-state index is 12.6. The molecule has 5 rings (SSSR count). The number of hydrogen-bond acceptors (Lipinski definition) is 10. The van der Waals surface area contributed by atoms with E-state index < -0.39 is 35.7 Å². The Hall–Kier alpha value is -2.86. The predicted octanol–water partition coefficient (Wildman–Crippen LogP) is -0.932. The Morgan fingerprint density at radius 3 is 1.37 bits per heavy atom. The van der Waals surface area contributed by atoms with Crippen molar-refractivity contribution < 1.29 is 38.2 Å². The van der Waals surface area contributed by atoms with Crippen molar-refractivity contribution in [3.8, 4) is 0 Å². The minimum Gasteiger partial charge on any atom is -0.393 e. The number of nitrogens with one attached hydrogen (secondary N) is 2. The summed E-state index contributed by atoms with van der Waals surface area (Å²) >= 11 is 0. The van der Waals surface area contributed by atoms with E-state index in [1.165, 1.54) is 0 Å². The zero-order chi connectivity index (χ0) is 26.8. The van der Waals surface area contributed by atoms with Crippen molar-refractivity contribution in [2.45, 2.75) is 38.5 Å². The Labute approximate surface area is 221 Å². The first kappa shape index (κ1) is 26.7. The topological polar surface area (TPSA) is 151 Å². The number of fused-ring (bicyclic) bond motifs is 2. The second kappa shape index (κ2) is 11.5. The second-order valence-corrected chi connectivity index (χ2v) is 11.2. The minimum atomic E-state index is -0.490. The summed E-state index contributed by atoms with van der Waals surface area (Å²) in [6.07, 6.45) is 2.99. The maximum absolute atomic E-state index is 12.6. The van der Waals surface area contributed by atoms with E-state index in [2.05, 4.69) is 20.4 Å². The fraction of sp³-hybridized carbons (Fsp3) is 0.769. The number of piperazine rings is 1. The second-order valence-electron chi connectivity index (χ2n) is 11.2. The number of rotatable bonds is 8. The molecule has 3 aliphatic heterocycles. The monoisotopic (exact) mass is 532 g/mol. The summed E-state index contributed by atoms with van der Waals surface area (Å²) < 4.78 is 9.45. The Kier molecular flexibility index (Phi) is 8.08. The molecule has 0 radical (unpaired) electrons. The van der Waals surface area contributed by atoms with Crippen LogP contribution < -0.4 is 10.6 Å². The molecule has 2 saturated carbocycles. The Balaban J connectivity index is 0.934. The number of hydrogen-bond donors (Lipinski definition) is 2. The lowest BCUT2D eigenvalue weighted by molar-refractivity contribution is -0.155. The van der Waals surface area contributed by atoms with Crippen LogP contribution in [0, 0.1) is 35.5 Å². The summed E-state index contributed by atoms with van der Waals surface area (Å²) in [5, 5.41) is 5.97. The van der Waals surface area contributed by atoms with Crippen LogP contribution in [0.4, 0.5) is 0 Å². The van der Waals surface area contributed by atoms with Gasteiger partial charge in [0.2, 0.25) is 11.8 Å². The standard InChI is InChI=1S/C26H36N4O8/c31-21(15-1-3-17-19(13-15)25(35)37-23(17)33)27-5-7-29-9-11-30(12-10-29)8-6-28-22(32)16-2-4-18-20(14-16)26(36)38-24(18)34/h15-20H,1-14H2,(H,27,31)(H,28,32). The number of amides is 2. The Morgan fingerprint density at radius 2 is 0.974 bits per heavy atom. The molecular weight excluding hydrogens is 496 g/mol. The van der Waals surface area contributed by atoms with Crippen LogP contribution in [0.3, 0.4) is 0 Å². The van der Waals surface area contributed by atoms with Gasteiger partial charge in [-0.05, 0) is 38.5 Å². The van der Waals surface area contributed by atoms with Gasteiger partial charge < -0.3 is 20.1 Å². The number of carbonyl (C=O) groups is 6. The third kappa shape index (κ3) is 5.75. The van der Waals surface area contributed by atoms with E-state index >= 15 is 0 Å². The van der Waals surface area contributed by atoms with Gasteiger partial charge in [-0.2, -0.15) is 0 Å². The van der Waals surface area contributed by atoms with Crippen molar-refractivity contribution in [1.82, 2.24) is 20.4 Å². The van der Waals surface area contributed by atoms with E-state index in [0.29, 0.717) is 51.6 Å². The molecule has 6 unspecified atom stereocenters. The molecule has 2 aliphatic carbocycles. The molecule has 6 atom stereocenters. The van der Waals surface area contributed by atoms with E-state index in [4.69, 9.17) is 9.47 Å². The lowest BCUT2D eigenvalue weighted by atomic mass is 9.75. The van der Waals surface area contributed by atoms with Crippen molar-refractivity contribution in [1.29, 1.82) is 0 Å². The summed E-state index contributed by atoms with van der Waals surface area (Å²) in [5.74, 6) is -4.22. The maximum Gasteiger partial charge on any atom is 0.317 e. The molecule has 0 bridgehead atoms. The molecule has 3 heterocycles. The molecule has 38 heavy (non-hydrogen) atoms. The van der Waals surface area contributed by atoms with Crippen molar-refractivity contribution >= 4 is 35.7 Å². The summed E-state index contributed by atoms with van der Waals surface area (Å²) in [7, 11) is 0. The molecule has 12 nitrogen and oxygen atoms in total. The fourth-order valence-corrected chi connectivity index (χ4v) is 6.60. The van der Waals surface area contributed by atoms with Crippen LogP contribution >= 0.6 is 0 Å². The highest BCUT2D eigenvalue weighted by Gasteiger charge is 2.49. The number of ether oxygens (including phenoxy) is 2. The van der Waals surface area contributed by atoms with E-state index in [9.17, 15) is 28.8 Å². The summed E-state index contributed by atoms with van der Waals surface area (Å²) in [6, 6.07) is 0. The molecular formula is C26H36N4O8. The van der Waals surface area contributed by atoms with Crippen LogP contribution in [0.25, 0.3) is 0 Å². The third-order valence-corrected chi connectivity index (χ3v) is 8.97. The van der Waals surface area contributed by atoms with E-state index in [0.717, 1.165) is 39.3 Å². The van der Waals surface area contributed by atoms with Crippen LogP contribution in [0.2, 0.25) is 0 Å². The molecule has 2 N–H and O–H groups in total. The Morgan fingerprint density at radius 1 is 0.605 bits per heavy atom. The highest BCUT2D eigenvalue weighted by molar-refractivity contribution is 5.97. The smallest absolute Gasteiger partial charge is 0.317 e. The molecule has 5 fully saturated rings. The number of carbonyl (C=O) groups excluding carboxylic acids is 6. The van der Waals surface area contributed by atoms with E-state index in [1.54, 1.807) is 0 Å². The lowest BCUT2D eigenvalue weighted by Crippen LogP contribution is -2.50. The molecule has 5 aliphatic rings. The first-order valence-electron chi connectivity index (χ1n) is 13.8. The summed E-state index contributed by atoms with van der Waals surface area (Å²) in [4.78, 5) is 76.8. The average molecular weight is 533 g/mol. The molecule has 3 saturated heterocycles. The van der Waals surface area contributed by atoms with Crippen LogP contribution in [0.15, 0.2) is 0 Å². The molecule has 2 amide bonds. The quantitative estimate of drug-likeness (QED) is 0.296. The molecule has 12 heteroatoms. The molecule has 0 spiro atoms. The molecule has 0 aromatic carbocycles. The summed E-state index contributed by atoms with van der Waals surface area (Å²) in [6.45, 7) is 6.02. The van der Waals surface area contributed by atoms with Gasteiger partial charge in [-0.15, -0.1) is 0 Å². The van der Waals surface area contributed by atoms with E-state index in [1.807, 2.05) is 0 Å². The van der Waals surface area contributed by atoms with E-state index in [-0.39, 0.29) is 35.5 Å². The van der Waals surface area contributed by atoms with Crippen LogP contribution in [0.1, 0.15) is 38.5 Å². The lowest BCUT2D eigenvalue weighted by Gasteiger charge is -2.35. The van der Waals surface area contributed by atoms with Gasteiger partial charge in [0.25, 0.3) is 0 Å². The van der Waals surface area contributed by atoms with Crippen LogP contribution in [-0.4, -0.2) is 97.8 Å². The van der Waals surface area contributed by atoms with Crippen molar-refractivity contribution in [3.05, 3.63) is 0 Å². The zero-order valence-corrected chi connectivity index (χ0v) is 21.5. The minimum absolute atomic E-state index is 0.0603. The molecule has 0 aromatic heterocycles. The normalized spacial score (nSPS) is 33.8. The average Bonchev–Trinajstić information content (AvgIpc) is 3.37. The third-order valence-electron chi connectivity index (χ3n) is 8.97. The highest BCUT2D eigenvalue weighted by atomic mass is 16.6. The zero-order valence-electron chi connectivity index (χ0n) is 21.5. The van der Waals surface area contributed by atoms with Crippen LogP contribution in [-0.2, 0) is 38.2 Å². The van der Waals surface area contributed by atoms with Gasteiger partial charge in [-0.25, -0.2) is 0 Å². The largest absolute Gasteiger partial charge is 0.393 e. The van der Waals surface area contributed by atoms with Gasteiger partial charge in [0.05, 0.1) is 23.7 Å². The first-order chi connectivity index (χ1) is 18.3. The van der Waals surface area contributed by atoms with Gasteiger partial charge in [0.1, 0.15) is 0 Å². The predicted molar refractivity (Wildman–Crippen MR) is 130 cm³/mol. The van der Waals surface area contributed by atoms with Gasteiger partial charge in [-0.3, -0.25) is 38.6 Å². The van der Waals surface area contributed by atoms with Gasteiger partial charge in [0.15, 0.2) is 0 Å². The van der Waals surface area contributed by atoms with Crippen LogP contribution in [0.5, 0.6) is 0 Å². The van der Waals surface area contributed by atoms with Crippen molar-refractivity contribution in [2.24, 2.45) is 35.5 Å². The SMILES string of the molecule is O=C(NCCN1CCN(CCNC(=O)C2CCC3C(=O)OC(=O)C3C2)CC1)C1CCC2C(=O)OC(=O)C2C1. The summed E-state index contributed by atoms with van der Waals surface area (Å²) in [5.41, 5.74) is 0. The van der Waals surface area contributed by atoms with Crippen molar-refractivity contribution in [2.75, 3.05) is 52.4 Å².